The van der Waals surface area contributed by atoms with Crippen molar-refractivity contribution in [2.24, 2.45) is 0 Å². The van der Waals surface area contributed by atoms with Gasteiger partial charge in [0.05, 0.1) is 6.54 Å². The molecule has 0 radical (unpaired) electrons. The van der Waals surface area contributed by atoms with E-state index < -0.39 is 0 Å². The molecule has 7 heteroatoms. The Morgan fingerprint density at radius 1 is 1.52 bits per heavy atom. The van der Waals surface area contributed by atoms with Crippen molar-refractivity contribution in [1.82, 2.24) is 20.4 Å². The summed E-state index contributed by atoms with van der Waals surface area (Å²) in [7, 11) is 1.91. The molecule has 0 unspecified atom stereocenters. The molecule has 0 spiro atoms. The molecule has 1 aromatic heterocycles. The van der Waals surface area contributed by atoms with Crippen LogP contribution in [0, 0.1) is 0 Å². The monoisotopic (exact) mass is 322 g/mol. The molecule has 3 rings (SSSR count). The van der Waals surface area contributed by atoms with Gasteiger partial charge in [-0.05, 0) is 43.3 Å². The van der Waals surface area contributed by atoms with E-state index in [0.29, 0.717) is 34.4 Å². The fourth-order valence-corrected chi connectivity index (χ4v) is 2.27. The first-order valence-electron chi connectivity index (χ1n) is 6.72. The van der Waals surface area contributed by atoms with Crippen LogP contribution in [0.1, 0.15) is 18.7 Å². The molecule has 0 aliphatic heterocycles. The van der Waals surface area contributed by atoms with Gasteiger partial charge >= 0.3 is 0 Å². The molecule has 0 bridgehead atoms. The van der Waals surface area contributed by atoms with Crippen LogP contribution in [0.15, 0.2) is 28.8 Å². The van der Waals surface area contributed by atoms with Crippen molar-refractivity contribution < 1.29 is 4.52 Å². The van der Waals surface area contributed by atoms with Gasteiger partial charge in [-0.2, -0.15) is 4.98 Å². The van der Waals surface area contributed by atoms with Gasteiger partial charge in [0.1, 0.15) is 0 Å². The highest BCUT2D eigenvalue weighted by Gasteiger charge is 2.23. The molecule has 1 saturated carbocycles. The largest absolute Gasteiger partial charge is 0.360 e. The van der Waals surface area contributed by atoms with Crippen molar-refractivity contribution in [3.63, 3.8) is 0 Å². The molecule has 0 saturated heterocycles. The zero-order valence-electron chi connectivity index (χ0n) is 11.5. The summed E-state index contributed by atoms with van der Waals surface area (Å²) in [6.07, 6.45) is 2.38. The standard InChI is InChI=1S/C14H15ClN4OS/c1-19(14(21)16-11-5-6-11)8-12-17-13(20-18-12)9-3-2-4-10(15)7-9/h2-4,7,11H,5-6,8H2,1H3,(H,16,21). The molecular formula is C14H15ClN4OS. The smallest absolute Gasteiger partial charge is 0.258 e. The Labute approximate surface area is 133 Å². The van der Waals surface area contributed by atoms with E-state index in [1.165, 1.54) is 12.8 Å². The van der Waals surface area contributed by atoms with Gasteiger partial charge in [-0.3, -0.25) is 0 Å². The molecule has 0 atom stereocenters. The molecule has 1 N–H and O–H groups in total. The van der Waals surface area contributed by atoms with Gasteiger partial charge in [0.25, 0.3) is 5.89 Å². The lowest BCUT2D eigenvalue weighted by Crippen LogP contribution is -2.37. The van der Waals surface area contributed by atoms with Crippen LogP contribution in [-0.4, -0.2) is 33.2 Å². The van der Waals surface area contributed by atoms with Gasteiger partial charge in [0, 0.05) is 23.7 Å². The number of nitrogens with one attached hydrogen (secondary N) is 1. The summed E-state index contributed by atoms with van der Waals surface area (Å²) in [6.45, 7) is 0.503. The Hall–Kier alpha value is -1.66. The van der Waals surface area contributed by atoms with Crippen LogP contribution < -0.4 is 5.32 Å². The van der Waals surface area contributed by atoms with Crippen LogP contribution in [0.4, 0.5) is 0 Å². The van der Waals surface area contributed by atoms with Crippen LogP contribution in [0.3, 0.4) is 0 Å². The molecule has 1 aromatic carbocycles. The SMILES string of the molecule is CN(Cc1noc(-c2cccc(Cl)c2)n1)C(=S)NC1CC1. The Balaban J connectivity index is 1.65. The Bertz CT molecular complexity index is 656. The van der Waals surface area contributed by atoms with Crippen molar-refractivity contribution in [3.05, 3.63) is 35.1 Å². The average molecular weight is 323 g/mol. The number of hydrogen-bond donors (Lipinski definition) is 1. The fraction of sp³-hybridized carbons (Fsp3) is 0.357. The third kappa shape index (κ3) is 3.71. The van der Waals surface area contributed by atoms with E-state index in [-0.39, 0.29) is 0 Å². The van der Waals surface area contributed by atoms with Gasteiger partial charge in [-0.1, -0.05) is 22.8 Å². The molecule has 5 nitrogen and oxygen atoms in total. The van der Waals surface area contributed by atoms with Crippen LogP contribution in [-0.2, 0) is 6.54 Å². The summed E-state index contributed by atoms with van der Waals surface area (Å²) in [5.74, 6) is 1.05. The number of halogens is 1. The van der Waals surface area contributed by atoms with Crippen LogP contribution >= 0.6 is 23.8 Å². The van der Waals surface area contributed by atoms with Crippen molar-refractivity contribution in [3.8, 4) is 11.5 Å². The maximum atomic E-state index is 5.96. The van der Waals surface area contributed by atoms with E-state index in [1.54, 1.807) is 12.1 Å². The second-order valence-electron chi connectivity index (χ2n) is 5.11. The third-order valence-electron chi connectivity index (χ3n) is 3.17. The maximum absolute atomic E-state index is 5.96. The quantitative estimate of drug-likeness (QED) is 0.874. The molecule has 1 aliphatic carbocycles. The number of nitrogens with zero attached hydrogens (tertiary/aromatic N) is 3. The van der Waals surface area contributed by atoms with Crippen LogP contribution in [0.25, 0.3) is 11.5 Å². The molecule has 1 heterocycles. The summed E-state index contributed by atoms with van der Waals surface area (Å²) < 4.78 is 5.27. The van der Waals surface area contributed by atoms with Crippen molar-refractivity contribution in [2.45, 2.75) is 25.4 Å². The van der Waals surface area contributed by atoms with Gasteiger partial charge in [-0.15, -0.1) is 0 Å². The lowest BCUT2D eigenvalue weighted by molar-refractivity contribution is 0.401. The second kappa shape index (κ2) is 5.99. The molecule has 1 fully saturated rings. The van der Waals surface area contributed by atoms with Gasteiger partial charge in [0.2, 0.25) is 0 Å². The zero-order chi connectivity index (χ0) is 14.8. The predicted molar refractivity (Wildman–Crippen MR) is 85.0 cm³/mol. The lowest BCUT2D eigenvalue weighted by Gasteiger charge is -2.18. The minimum Gasteiger partial charge on any atom is -0.360 e. The number of benzene rings is 1. The third-order valence-corrected chi connectivity index (χ3v) is 3.83. The first-order valence-corrected chi connectivity index (χ1v) is 7.50. The molecule has 1 aliphatic rings. The fourth-order valence-electron chi connectivity index (χ4n) is 1.85. The number of rotatable bonds is 4. The van der Waals surface area contributed by atoms with Gasteiger partial charge in [0.15, 0.2) is 10.9 Å². The first kappa shape index (κ1) is 14.3. The summed E-state index contributed by atoms with van der Waals surface area (Å²) in [6, 6.07) is 7.86. The van der Waals surface area contributed by atoms with Gasteiger partial charge in [-0.25, -0.2) is 0 Å². The Morgan fingerprint density at radius 3 is 3.05 bits per heavy atom. The van der Waals surface area contributed by atoms with Crippen LogP contribution in [0.2, 0.25) is 5.02 Å². The van der Waals surface area contributed by atoms with E-state index >= 15 is 0 Å². The number of aromatic nitrogens is 2. The summed E-state index contributed by atoms with van der Waals surface area (Å²) in [5.41, 5.74) is 0.808. The van der Waals surface area contributed by atoms with Crippen molar-refractivity contribution >= 4 is 28.9 Å². The topological polar surface area (TPSA) is 54.2 Å². The normalized spacial score (nSPS) is 14.0. The lowest BCUT2D eigenvalue weighted by atomic mass is 10.2. The highest BCUT2D eigenvalue weighted by molar-refractivity contribution is 7.80. The Kier molecular flexibility index (Phi) is 4.07. The molecule has 0 amide bonds. The highest BCUT2D eigenvalue weighted by Crippen LogP contribution is 2.21. The number of hydrogen-bond acceptors (Lipinski definition) is 4. The molecule has 2 aromatic rings. The maximum Gasteiger partial charge on any atom is 0.258 e. The minimum absolute atomic E-state index is 0.460. The van der Waals surface area contributed by atoms with E-state index in [4.69, 9.17) is 28.3 Å². The van der Waals surface area contributed by atoms with E-state index in [1.807, 2.05) is 24.1 Å². The molecule has 110 valence electrons. The predicted octanol–water partition coefficient (Wildman–Crippen LogP) is 2.86. The van der Waals surface area contributed by atoms with E-state index in [0.717, 1.165) is 5.56 Å². The summed E-state index contributed by atoms with van der Waals surface area (Å²) in [5, 5.41) is 8.61. The van der Waals surface area contributed by atoms with E-state index in [2.05, 4.69) is 15.5 Å². The highest BCUT2D eigenvalue weighted by atomic mass is 35.5. The summed E-state index contributed by atoms with van der Waals surface area (Å²) in [4.78, 5) is 6.28. The second-order valence-corrected chi connectivity index (χ2v) is 5.93. The van der Waals surface area contributed by atoms with Gasteiger partial charge < -0.3 is 14.7 Å². The molecule has 21 heavy (non-hydrogen) atoms. The first-order chi connectivity index (χ1) is 10.1. The summed E-state index contributed by atoms with van der Waals surface area (Å²) >= 11 is 11.3. The van der Waals surface area contributed by atoms with Crippen LogP contribution in [0.5, 0.6) is 0 Å². The van der Waals surface area contributed by atoms with Crippen molar-refractivity contribution in [2.75, 3.05) is 7.05 Å². The number of thiocarbonyl (C=S) groups is 1. The van der Waals surface area contributed by atoms with Crippen molar-refractivity contribution in [1.29, 1.82) is 0 Å². The minimum atomic E-state index is 0.460. The zero-order valence-corrected chi connectivity index (χ0v) is 13.1. The Morgan fingerprint density at radius 2 is 2.33 bits per heavy atom. The molecular weight excluding hydrogens is 308 g/mol. The van der Waals surface area contributed by atoms with E-state index in [9.17, 15) is 0 Å². The average Bonchev–Trinajstić information content (AvgIpc) is 3.14.